The second-order valence-corrected chi connectivity index (χ2v) is 3.72. The molecule has 1 aromatic heterocycles. The summed E-state index contributed by atoms with van der Waals surface area (Å²) >= 11 is 0. The molecule has 0 bridgehead atoms. The minimum absolute atomic E-state index is 0.261. The van der Waals surface area contributed by atoms with Crippen molar-refractivity contribution in [2.45, 2.75) is 6.42 Å². The molecule has 4 heteroatoms. The third-order valence-corrected chi connectivity index (χ3v) is 2.50. The summed E-state index contributed by atoms with van der Waals surface area (Å²) < 4.78 is 5.06. The predicted octanol–water partition coefficient (Wildman–Crippen LogP) is 1.68. The predicted molar refractivity (Wildman–Crippen MR) is 64.5 cm³/mol. The molecule has 17 heavy (non-hydrogen) atoms. The van der Waals surface area contributed by atoms with Crippen molar-refractivity contribution in [1.29, 1.82) is 0 Å². The highest BCUT2D eigenvalue weighted by Gasteiger charge is 2.00. The molecule has 0 atom stereocenters. The van der Waals surface area contributed by atoms with Gasteiger partial charge in [0.25, 0.3) is 5.56 Å². The summed E-state index contributed by atoms with van der Waals surface area (Å²) in [7, 11) is 1.62. The van der Waals surface area contributed by atoms with E-state index in [0.29, 0.717) is 6.42 Å². The molecule has 2 aromatic rings. The summed E-state index contributed by atoms with van der Waals surface area (Å²) in [5.74, 6) is 0.538. The van der Waals surface area contributed by atoms with Gasteiger partial charge >= 0.3 is 0 Å². The van der Waals surface area contributed by atoms with E-state index in [9.17, 15) is 4.79 Å². The van der Waals surface area contributed by atoms with Crippen molar-refractivity contribution in [3.8, 4) is 11.5 Å². The fourth-order valence-corrected chi connectivity index (χ4v) is 1.57. The number of rotatable bonds is 3. The average molecular weight is 231 g/mol. The van der Waals surface area contributed by atoms with Crippen LogP contribution < -0.4 is 10.3 Å². The van der Waals surface area contributed by atoms with E-state index in [1.165, 1.54) is 6.07 Å². The molecular weight excluding hydrogens is 218 g/mol. The van der Waals surface area contributed by atoms with Gasteiger partial charge in [0.1, 0.15) is 5.75 Å². The highest BCUT2D eigenvalue weighted by atomic mass is 16.5. The van der Waals surface area contributed by atoms with Gasteiger partial charge in [-0.3, -0.25) is 4.79 Å². The minimum atomic E-state index is -0.462. The summed E-state index contributed by atoms with van der Waals surface area (Å²) in [6.45, 7) is 0. The van der Waals surface area contributed by atoms with Gasteiger partial charge < -0.3 is 14.8 Å². The lowest BCUT2D eigenvalue weighted by molar-refractivity contribution is 0.414. The van der Waals surface area contributed by atoms with E-state index in [2.05, 4.69) is 4.98 Å². The van der Waals surface area contributed by atoms with Crippen molar-refractivity contribution in [3.63, 3.8) is 0 Å². The van der Waals surface area contributed by atoms with Crippen LogP contribution in [0.2, 0.25) is 0 Å². The number of methoxy groups -OCH3 is 1. The lowest BCUT2D eigenvalue weighted by Gasteiger charge is -2.04. The number of hydrogen-bond donors (Lipinski definition) is 2. The van der Waals surface area contributed by atoms with Crippen LogP contribution in [0.4, 0.5) is 0 Å². The Labute approximate surface area is 98.5 Å². The second-order valence-electron chi connectivity index (χ2n) is 3.72. The van der Waals surface area contributed by atoms with Gasteiger partial charge in [-0.15, -0.1) is 0 Å². The van der Waals surface area contributed by atoms with E-state index < -0.39 is 5.56 Å². The number of hydrogen-bond acceptors (Lipinski definition) is 3. The van der Waals surface area contributed by atoms with E-state index in [1.807, 2.05) is 24.3 Å². The zero-order chi connectivity index (χ0) is 12.3. The Hall–Kier alpha value is -2.23. The number of aromatic nitrogens is 1. The standard InChI is InChI=1S/C13H13NO3/c1-17-11-5-2-9(3-6-11)8-10-4-7-12(15)13(16)14-10/h2-7,15H,8H2,1H3,(H,14,16). The molecule has 0 fully saturated rings. The maximum atomic E-state index is 11.2. The topological polar surface area (TPSA) is 62.3 Å². The highest BCUT2D eigenvalue weighted by Crippen LogP contribution is 2.14. The Morgan fingerprint density at radius 2 is 1.88 bits per heavy atom. The SMILES string of the molecule is COc1ccc(Cc2ccc(O)c(=O)[nH]2)cc1. The van der Waals surface area contributed by atoms with Crippen LogP contribution in [0.25, 0.3) is 0 Å². The van der Waals surface area contributed by atoms with Gasteiger partial charge in [0.15, 0.2) is 5.75 Å². The molecule has 0 aliphatic heterocycles. The number of aromatic hydroxyl groups is 1. The van der Waals surface area contributed by atoms with E-state index in [0.717, 1.165) is 17.0 Å². The van der Waals surface area contributed by atoms with Crippen LogP contribution in [0.5, 0.6) is 11.5 Å². The molecule has 0 saturated carbocycles. The first kappa shape index (κ1) is 11.3. The van der Waals surface area contributed by atoms with E-state index in [4.69, 9.17) is 9.84 Å². The Balaban J connectivity index is 2.19. The van der Waals surface area contributed by atoms with Gasteiger partial charge in [-0.05, 0) is 29.8 Å². The van der Waals surface area contributed by atoms with Crippen LogP contribution in [0, 0.1) is 0 Å². The number of aromatic amines is 1. The van der Waals surface area contributed by atoms with Crippen LogP contribution in [0.1, 0.15) is 11.3 Å². The van der Waals surface area contributed by atoms with Crippen LogP contribution in [0.3, 0.4) is 0 Å². The third kappa shape index (κ3) is 2.66. The smallest absolute Gasteiger partial charge is 0.290 e. The minimum Gasteiger partial charge on any atom is -0.503 e. The van der Waals surface area contributed by atoms with Crippen LogP contribution in [-0.4, -0.2) is 17.2 Å². The normalized spacial score (nSPS) is 10.2. The summed E-state index contributed by atoms with van der Waals surface area (Å²) in [5.41, 5.74) is 1.36. The van der Waals surface area contributed by atoms with Crippen molar-refractivity contribution in [2.24, 2.45) is 0 Å². The molecule has 0 aliphatic carbocycles. The fourth-order valence-electron chi connectivity index (χ4n) is 1.57. The molecule has 0 aliphatic rings. The number of nitrogens with one attached hydrogen (secondary N) is 1. The molecule has 0 saturated heterocycles. The summed E-state index contributed by atoms with van der Waals surface area (Å²) in [6, 6.07) is 10.7. The summed E-state index contributed by atoms with van der Waals surface area (Å²) in [5, 5.41) is 9.12. The van der Waals surface area contributed by atoms with E-state index in [1.54, 1.807) is 13.2 Å². The first-order valence-electron chi connectivity index (χ1n) is 5.23. The number of H-pyrrole nitrogens is 1. The molecule has 2 rings (SSSR count). The maximum Gasteiger partial charge on any atom is 0.290 e. The summed E-state index contributed by atoms with van der Waals surface area (Å²) in [6.07, 6.45) is 0.611. The Morgan fingerprint density at radius 1 is 1.18 bits per heavy atom. The number of pyridine rings is 1. The van der Waals surface area contributed by atoms with Crippen LogP contribution in [-0.2, 0) is 6.42 Å². The van der Waals surface area contributed by atoms with E-state index >= 15 is 0 Å². The molecule has 0 spiro atoms. The molecule has 88 valence electrons. The molecule has 0 unspecified atom stereocenters. The second kappa shape index (κ2) is 4.74. The van der Waals surface area contributed by atoms with Gasteiger partial charge in [0.2, 0.25) is 0 Å². The molecule has 1 heterocycles. The van der Waals surface area contributed by atoms with E-state index in [-0.39, 0.29) is 5.75 Å². The van der Waals surface area contributed by atoms with Gasteiger partial charge in [-0.2, -0.15) is 0 Å². The highest BCUT2D eigenvalue weighted by molar-refractivity contribution is 5.30. The Morgan fingerprint density at radius 3 is 2.47 bits per heavy atom. The first-order valence-corrected chi connectivity index (χ1v) is 5.23. The zero-order valence-electron chi connectivity index (χ0n) is 9.43. The molecule has 1 aromatic carbocycles. The molecule has 2 N–H and O–H groups in total. The molecule has 0 amide bonds. The van der Waals surface area contributed by atoms with Gasteiger partial charge in [0.05, 0.1) is 7.11 Å². The third-order valence-electron chi connectivity index (χ3n) is 2.50. The number of benzene rings is 1. The van der Waals surface area contributed by atoms with Gasteiger partial charge in [-0.25, -0.2) is 0 Å². The van der Waals surface area contributed by atoms with Crippen LogP contribution >= 0.6 is 0 Å². The maximum absolute atomic E-state index is 11.2. The van der Waals surface area contributed by atoms with Gasteiger partial charge in [0, 0.05) is 12.1 Å². The van der Waals surface area contributed by atoms with Crippen molar-refractivity contribution in [3.05, 3.63) is 58.0 Å². The molecule has 0 radical (unpaired) electrons. The Kier molecular flexibility index (Phi) is 3.14. The van der Waals surface area contributed by atoms with Crippen molar-refractivity contribution >= 4 is 0 Å². The van der Waals surface area contributed by atoms with Crippen LogP contribution in [0.15, 0.2) is 41.2 Å². The number of ether oxygens (including phenoxy) is 1. The van der Waals surface area contributed by atoms with Crippen molar-refractivity contribution in [1.82, 2.24) is 4.98 Å². The van der Waals surface area contributed by atoms with Gasteiger partial charge in [-0.1, -0.05) is 12.1 Å². The summed E-state index contributed by atoms with van der Waals surface area (Å²) in [4.78, 5) is 13.8. The quantitative estimate of drug-likeness (QED) is 0.844. The largest absolute Gasteiger partial charge is 0.503 e. The Bertz CT molecular complexity index is 558. The first-order chi connectivity index (χ1) is 8.19. The average Bonchev–Trinajstić information content (AvgIpc) is 2.35. The molecular formula is C13H13NO3. The van der Waals surface area contributed by atoms with Crippen molar-refractivity contribution < 1.29 is 9.84 Å². The lowest BCUT2D eigenvalue weighted by Crippen LogP contribution is -2.07. The monoisotopic (exact) mass is 231 g/mol. The lowest BCUT2D eigenvalue weighted by atomic mass is 10.1. The fraction of sp³-hybridized carbons (Fsp3) is 0.154. The van der Waals surface area contributed by atoms with Crippen molar-refractivity contribution in [2.75, 3.05) is 7.11 Å². The molecule has 4 nitrogen and oxygen atoms in total. The zero-order valence-corrected chi connectivity index (χ0v) is 9.43.